The molecule has 2 aromatic heterocycles. The van der Waals surface area contributed by atoms with Gasteiger partial charge in [0.1, 0.15) is 0 Å². The van der Waals surface area contributed by atoms with Crippen molar-refractivity contribution in [3.8, 4) is 0 Å². The molecule has 1 aliphatic rings. The van der Waals surface area contributed by atoms with Crippen LogP contribution in [0.3, 0.4) is 0 Å². The second kappa shape index (κ2) is 8.19. The van der Waals surface area contributed by atoms with Crippen LogP contribution in [-0.4, -0.2) is 64.3 Å². The van der Waals surface area contributed by atoms with E-state index in [0.29, 0.717) is 42.5 Å². The summed E-state index contributed by atoms with van der Waals surface area (Å²) in [4.78, 5) is 36.6. The molecule has 1 aliphatic heterocycles. The SMILES string of the molecule is CCc1[nH]c(C(=O)N[C@@H]2CCN(c3nc(C)c(C(=O)O)o3)C[C@@H]2OC)nc1Cl. The van der Waals surface area contributed by atoms with Crippen molar-refractivity contribution in [1.29, 1.82) is 0 Å². The Bertz CT molecular complexity index is 879. The number of hydrogen-bond donors (Lipinski definition) is 3. The molecule has 1 fully saturated rings. The fourth-order valence-corrected chi connectivity index (χ4v) is 3.44. The van der Waals surface area contributed by atoms with Gasteiger partial charge in [-0.2, -0.15) is 4.98 Å². The number of oxazole rings is 1. The van der Waals surface area contributed by atoms with E-state index >= 15 is 0 Å². The monoisotopic (exact) mass is 411 g/mol. The third-order valence-electron chi connectivity index (χ3n) is 4.73. The lowest BCUT2D eigenvalue weighted by molar-refractivity contribution is 0.0526. The quantitative estimate of drug-likeness (QED) is 0.653. The van der Waals surface area contributed by atoms with Crippen molar-refractivity contribution < 1.29 is 23.8 Å². The number of aromatic carboxylic acids is 1. The standard InChI is InChI=1S/C17H22ClN5O5/c1-4-9-13(18)22-14(20-9)15(24)21-10-5-6-23(7-11(10)27-3)17-19-8(2)12(28-17)16(25)26/h10-11H,4-7H2,1-3H3,(H,20,22)(H,21,24)(H,25,26)/t10-,11+/m1/s1. The predicted octanol–water partition coefficient (Wildman–Crippen LogP) is 1.64. The van der Waals surface area contributed by atoms with Gasteiger partial charge in [-0.15, -0.1) is 0 Å². The number of carbonyl (C=O) groups excluding carboxylic acids is 1. The molecule has 2 aromatic rings. The molecule has 3 N–H and O–H groups in total. The lowest BCUT2D eigenvalue weighted by Gasteiger charge is -2.37. The zero-order valence-corrected chi connectivity index (χ0v) is 16.5. The number of aromatic amines is 1. The topological polar surface area (TPSA) is 134 Å². The van der Waals surface area contributed by atoms with Crippen LogP contribution in [0.2, 0.25) is 5.15 Å². The Kier molecular flexibility index (Phi) is 5.90. The average Bonchev–Trinajstić information content (AvgIpc) is 3.24. The molecule has 0 bridgehead atoms. The first-order valence-electron chi connectivity index (χ1n) is 8.87. The summed E-state index contributed by atoms with van der Waals surface area (Å²) < 4.78 is 10.9. The second-order valence-corrected chi connectivity index (χ2v) is 6.87. The van der Waals surface area contributed by atoms with Gasteiger partial charge in [-0.25, -0.2) is 9.78 Å². The number of nitrogens with one attached hydrogen (secondary N) is 2. The zero-order valence-electron chi connectivity index (χ0n) is 15.8. The van der Waals surface area contributed by atoms with Gasteiger partial charge in [-0.3, -0.25) is 4.79 Å². The minimum absolute atomic E-state index is 0.161. The fourth-order valence-electron chi connectivity index (χ4n) is 3.18. The fraction of sp³-hybridized carbons (Fsp3) is 0.529. The number of methoxy groups -OCH3 is 1. The summed E-state index contributed by atoms with van der Waals surface area (Å²) in [5, 5.41) is 12.3. The number of carboxylic acid groups (broad SMARTS) is 1. The van der Waals surface area contributed by atoms with Gasteiger partial charge in [0.15, 0.2) is 11.0 Å². The Morgan fingerprint density at radius 3 is 2.79 bits per heavy atom. The molecular formula is C17H22ClN5O5. The molecule has 152 valence electrons. The molecule has 1 amide bonds. The van der Waals surface area contributed by atoms with E-state index in [1.807, 2.05) is 6.92 Å². The summed E-state index contributed by atoms with van der Waals surface area (Å²) in [5.74, 6) is -1.54. The number of imidazole rings is 1. The molecule has 0 spiro atoms. The first-order chi connectivity index (χ1) is 13.3. The van der Waals surface area contributed by atoms with Crippen molar-refractivity contribution in [2.45, 2.75) is 38.8 Å². The third kappa shape index (κ3) is 3.97. The molecule has 2 atom stereocenters. The van der Waals surface area contributed by atoms with Gasteiger partial charge >= 0.3 is 5.97 Å². The second-order valence-electron chi connectivity index (χ2n) is 6.51. The van der Waals surface area contributed by atoms with Crippen LogP contribution in [0.4, 0.5) is 6.01 Å². The first-order valence-corrected chi connectivity index (χ1v) is 9.25. The molecule has 11 heteroatoms. The highest BCUT2D eigenvalue weighted by Gasteiger charge is 2.33. The van der Waals surface area contributed by atoms with E-state index in [9.17, 15) is 9.59 Å². The van der Waals surface area contributed by atoms with Crippen LogP contribution in [-0.2, 0) is 11.2 Å². The Hall–Kier alpha value is -2.59. The average molecular weight is 412 g/mol. The van der Waals surface area contributed by atoms with E-state index in [1.165, 1.54) is 0 Å². The highest BCUT2D eigenvalue weighted by molar-refractivity contribution is 6.30. The summed E-state index contributed by atoms with van der Waals surface area (Å²) in [6, 6.07) is -0.0233. The summed E-state index contributed by atoms with van der Waals surface area (Å²) in [6.45, 7) is 4.40. The Morgan fingerprint density at radius 1 is 1.46 bits per heavy atom. The molecule has 0 unspecified atom stereocenters. The molecule has 0 aromatic carbocycles. The van der Waals surface area contributed by atoms with Crippen LogP contribution >= 0.6 is 11.6 Å². The number of amides is 1. The van der Waals surface area contributed by atoms with Gasteiger partial charge < -0.3 is 29.5 Å². The van der Waals surface area contributed by atoms with E-state index in [2.05, 4.69) is 20.3 Å². The number of ether oxygens (including phenoxy) is 1. The van der Waals surface area contributed by atoms with Gasteiger partial charge in [-0.05, 0) is 19.8 Å². The van der Waals surface area contributed by atoms with E-state index in [-0.39, 0.29) is 35.7 Å². The van der Waals surface area contributed by atoms with Gasteiger partial charge in [0, 0.05) is 13.7 Å². The van der Waals surface area contributed by atoms with Crippen LogP contribution in [0.5, 0.6) is 0 Å². The summed E-state index contributed by atoms with van der Waals surface area (Å²) in [7, 11) is 1.55. The van der Waals surface area contributed by atoms with Gasteiger partial charge in [0.25, 0.3) is 11.9 Å². The van der Waals surface area contributed by atoms with E-state index in [4.69, 9.17) is 25.9 Å². The number of piperidine rings is 1. The predicted molar refractivity (Wildman–Crippen MR) is 100 cm³/mol. The van der Waals surface area contributed by atoms with Crippen LogP contribution in [0.25, 0.3) is 0 Å². The third-order valence-corrected chi connectivity index (χ3v) is 5.04. The molecule has 3 heterocycles. The minimum atomic E-state index is -1.16. The highest BCUT2D eigenvalue weighted by atomic mass is 35.5. The van der Waals surface area contributed by atoms with Crippen molar-refractivity contribution in [2.24, 2.45) is 0 Å². The Balaban J connectivity index is 1.68. The molecule has 3 rings (SSSR count). The lowest BCUT2D eigenvalue weighted by Crippen LogP contribution is -2.55. The number of anilines is 1. The molecule has 0 saturated carbocycles. The maximum atomic E-state index is 12.5. The van der Waals surface area contributed by atoms with Crippen molar-refractivity contribution in [3.63, 3.8) is 0 Å². The largest absolute Gasteiger partial charge is 0.475 e. The maximum Gasteiger partial charge on any atom is 0.373 e. The van der Waals surface area contributed by atoms with Crippen LogP contribution in [0, 0.1) is 6.92 Å². The van der Waals surface area contributed by atoms with Crippen LogP contribution in [0.15, 0.2) is 4.42 Å². The number of hydrogen-bond acceptors (Lipinski definition) is 7. The number of aromatic nitrogens is 3. The summed E-state index contributed by atoms with van der Waals surface area (Å²) in [6.07, 6.45) is 0.865. The Labute approximate surface area is 166 Å². The molecule has 28 heavy (non-hydrogen) atoms. The van der Waals surface area contributed by atoms with Crippen LogP contribution < -0.4 is 10.2 Å². The molecule has 10 nitrogen and oxygen atoms in total. The molecule has 0 aliphatic carbocycles. The normalized spacial score (nSPS) is 19.6. The van der Waals surface area contributed by atoms with Crippen LogP contribution in [0.1, 0.15) is 45.9 Å². The Morgan fingerprint density at radius 2 is 2.21 bits per heavy atom. The zero-order chi connectivity index (χ0) is 20.4. The number of H-pyrrole nitrogens is 1. The van der Waals surface area contributed by atoms with Gasteiger partial charge in [0.2, 0.25) is 5.76 Å². The number of halogens is 1. The van der Waals surface area contributed by atoms with Gasteiger partial charge in [-0.1, -0.05) is 18.5 Å². The number of aryl methyl sites for hydroxylation is 2. The summed E-state index contributed by atoms with van der Waals surface area (Å²) in [5.41, 5.74) is 1.02. The van der Waals surface area contributed by atoms with Gasteiger partial charge in [0.05, 0.1) is 30.1 Å². The maximum absolute atomic E-state index is 12.5. The smallest absolute Gasteiger partial charge is 0.373 e. The summed E-state index contributed by atoms with van der Waals surface area (Å²) >= 11 is 6.00. The van der Waals surface area contributed by atoms with E-state index in [0.717, 1.165) is 0 Å². The van der Waals surface area contributed by atoms with E-state index < -0.39 is 5.97 Å². The highest BCUT2D eigenvalue weighted by Crippen LogP contribution is 2.24. The van der Waals surface area contributed by atoms with Crippen molar-refractivity contribution in [3.05, 3.63) is 28.1 Å². The number of nitrogens with zero attached hydrogens (tertiary/aromatic N) is 3. The number of rotatable bonds is 6. The minimum Gasteiger partial charge on any atom is -0.475 e. The van der Waals surface area contributed by atoms with Crippen molar-refractivity contribution in [1.82, 2.24) is 20.3 Å². The molecule has 1 saturated heterocycles. The molecule has 0 radical (unpaired) electrons. The van der Waals surface area contributed by atoms with Crippen molar-refractivity contribution >= 4 is 29.5 Å². The lowest BCUT2D eigenvalue weighted by atomic mass is 10.0. The van der Waals surface area contributed by atoms with Crippen molar-refractivity contribution in [2.75, 3.05) is 25.1 Å². The number of carbonyl (C=O) groups is 2. The van der Waals surface area contributed by atoms with E-state index in [1.54, 1.807) is 18.9 Å². The molecular weight excluding hydrogens is 390 g/mol. The first kappa shape index (κ1) is 20.2. The number of carboxylic acids is 1.